The maximum Gasteiger partial charge on any atom is 0.341 e. The zero-order valence-electron chi connectivity index (χ0n) is 19.4. The molecule has 1 fully saturated rings. The minimum atomic E-state index is -4.31. The normalized spacial score (nSPS) is 19.0. The highest BCUT2D eigenvalue weighted by molar-refractivity contribution is 7.92. The summed E-state index contributed by atoms with van der Waals surface area (Å²) in [5.74, 6) is -0.526. The fourth-order valence-corrected chi connectivity index (χ4v) is 5.41. The lowest BCUT2D eigenvalue weighted by atomic mass is 9.91. The molecule has 1 aliphatic heterocycles. The minimum absolute atomic E-state index is 0.102. The first kappa shape index (κ1) is 26.4. The number of piperidine rings is 1. The molecule has 1 N–H and O–H groups in total. The predicted molar refractivity (Wildman–Crippen MR) is 130 cm³/mol. The lowest BCUT2D eigenvalue weighted by Crippen LogP contribution is -2.47. The SMILES string of the molecule is CC1CC(C)CN(C(=O)C(C)OC(=O)c2ccccc2NS(=O)(=O)c2ccc(Cl)c([N+](=O)[O-])c2)C1. The number of anilines is 1. The molecule has 3 atom stereocenters. The number of hydrogen-bond donors (Lipinski definition) is 1. The molecule has 0 aromatic heterocycles. The number of amides is 1. The Hall–Kier alpha value is -3.18. The molecule has 0 aliphatic carbocycles. The van der Waals surface area contributed by atoms with Crippen LogP contribution in [-0.2, 0) is 19.6 Å². The smallest absolute Gasteiger partial charge is 0.341 e. The number of rotatable bonds is 7. The standard InChI is InChI=1S/C23H26ClN3O7S/c1-14-10-15(2)13-26(12-14)22(28)16(3)34-23(29)18-6-4-5-7-20(18)25-35(32,33)17-8-9-19(24)21(11-17)27(30)31/h4-9,11,14-16,25H,10,12-13H2,1-3H3. The maximum atomic E-state index is 12.9. The van der Waals surface area contributed by atoms with Gasteiger partial charge >= 0.3 is 5.97 Å². The molecule has 3 rings (SSSR count). The molecule has 12 heteroatoms. The number of nitrogens with zero attached hydrogens (tertiary/aromatic N) is 2. The number of nitro benzene ring substituents is 1. The Morgan fingerprint density at radius 2 is 1.80 bits per heavy atom. The van der Waals surface area contributed by atoms with E-state index in [1.165, 1.54) is 31.2 Å². The molecule has 0 bridgehead atoms. The van der Waals surface area contributed by atoms with E-state index in [4.69, 9.17) is 16.3 Å². The Labute approximate surface area is 208 Å². The molecule has 0 radical (unpaired) electrons. The van der Waals surface area contributed by atoms with Gasteiger partial charge in [-0.25, -0.2) is 13.2 Å². The largest absolute Gasteiger partial charge is 0.449 e. The van der Waals surface area contributed by atoms with Crippen LogP contribution in [0.3, 0.4) is 0 Å². The number of hydrogen-bond acceptors (Lipinski definition) is 7. The van der Waals surface area contributed by atoms with Gasteiger partial charge in [0.05, 0.1) is 21.1 Å². The molecule has 35 heavy (non-hydrogen) atoms. The number of ether oxygens (including phenoxy) is 1. The van der Waals surface area contributed by atoms with Crippen LogP contribution in [-0.4, -0.2) is 49.3 Å². The molecule has 3 unspecified atom stereocenters. The molecule has 1 heterocycles. The van der Waals surface area contributed by atoms with Gasteiger partial charge in [0.1, 0.15) is 5.02 Å². The number of nitro groups is 1. The van der Waals surface area contributed by atoms with Gasteiger partial charge in [-0.05, 0) is 49.4 Å². The molecule has 2 aromatic rings. The summed E-state index contributed by atoms with van der Waals surface area (Å²) in [5, 5.41) is 10.9. The van der Waals surface area contributed by atoms with Crippen LogP contribution in [0, 0.1) is 22.0 Å². The number of para-hydroxylation sites is 1. The molecule has 10 nitrogen and oxygen atoms in total. The molecule has 1 amide bonds. The van der Waals surface area contributed by atoms with Crippen molar-refractivity contribution in [3.63, 3.8) is 0 Å². The second-order valence-corrected chi connectivity index (χ2v) is 10.8. The first-order valence-electron chi connectivity index (χ1n) is 10.9. The van der Waals surface area contributed by atoms with Crippen LogP contribution in [0.5, 0.6) is 0 Å². The van der Waals surface area contributed by atoms with Gasteiger partial charge in [0.25, 0.3) is 21.6 Å². The number of likely N-dealkylation sites (tertiary alicyclic amines) is 1. The summed E-state index contributed by atoms with van der Waals surface area (Å²) < 4.78 is 33.4. The summed E-state index contributed by atoms with van der Waals surface area (Å²) in [6.07, 6.45) is -0.0500. The highest BCUT2D eigenvalue weighted by Crippen LogP contribution is 2.29. The van der Waals surface area contributed by atoms with Gasteiger partial charge in [-0.3, -0.25) is 19.6 Å². The Bertz CT molecular complexity index is 1240. The summed E-state index contributed by atoms with van der Waals surface area (Å²) in [7, 11) is -4.31. The molecule has 0 spiro atoms. The van der Waals surface area contributed by atoms with E-state index in [1.807, 2.05) is 0 Å². The van der Waals surface area contributed by atoms with Crippen molar-refractivity contribution in [2.75, 3.05) is 17.8 Å². The number of carbonyl (C=O) groups excluding carboxylic acids is 2. The Morgan fingerprint density at radius 1 is 1.17 bits per heavy atom. The Balaban J connectivity index is 1.78. The van der Waals surface area contributed by atoms with E-state index in [0.29, 0.717) is 24.9 Å². The van der Waals surface area contributed by atoms with Gasteiger partial charge in [0, 0.05) is 19.2 Å². The van der Waals surface area contributed by atoms with Gasteiger partial charge in [0.2, 0.25) is 0 Å². The second kappa shape index (κ2) is 10.6. The fraction of sp³-hybridized carbons (Fsp3) is 0.391. The summed E-state index contributed by atoms with van der Waals surface area (Å²) in [6.45, 7) is 6.75. The van der Waals surface area contributed by atoms with Crippen LogP contribution in [0.2, 0.25) is 5.02 Å². The van der Waals surface area contributed by atoms with Gasteiger partial charge in [0.15, 0.2) is 6.10 Å². The molecule has 188 valence electrons. The van der Waals surface area contributed by atoms with Crippen molar-refractivity contribution in [2.24, 2.45) is 11.8 Å². The van der Waals surface area contributed by atoms with E-state index < -0.39 is 37.6 Å². The first-order chi connectivity index (χ1) is 16.4. The second-order valence-electron chi connectivity index (χ2n) is 8.76. The van der Waals surface area contributed by atoms with Crippen LogP contribution in [0.25, 0.3) is 0 Å². The quantitative estimate of drug-likeness (QED) is 0.328. The molecule has 1 aliphatic rings. The highest BCUT2D eigenvalue weighted by atomic mass is 35.5. The Kier molecular flexibility index (Phi) is 8.01. The fourth-order valence-electron chi connectivity index (χ4n) is 4.13. The van der Waals surface area contributed by atoms with E-state index in [-0.39, 0.29) is 22.2 Å². The van der Waals surface area contributed by atoms with Crippen molar-refractivity contribution in [1.82, 2.24) is 4.90 Å². The minimum Gasteiger partial charge on any atom is -0.449 e. The van der Waals surface area contributed by atoms with Crippen molar-refractivity contribution >= 4 is 44.9 Å². The van der Waals surface area contributed by atoms with E-state index in [2.05, 4.69) is 18.6 Å². The third-order valence-electron chi connectivity index (χ3n) is 5.63. The summed E-state index contributed by atoms with van der Waals surface area (Å²) >= 11 is 5.77. The summed E-state index contributed by atoms with van der Waals surface area (Å²) in [5.41, 5.74) is -0.787. The molecule has 2 aromatic carbocycles. The van der Waals surface area contributed by atoms with E-state index in [1.54, 1.807) is 4.90 Å². The van der Waals surface area contributed by atoms with Crippen molar-refractivity contribution in [2.45, 2.75) is 38.2 Å². The van der Waals surface area contributed by atoms with Gasteiger partial charge in [-0.1, -0.05) is 37.6 Å². The monoisotopic (exact) mass is 523 g/mol. The lowest BCUT2D eigenvalue weighted by molar-refractivity contribution is -0.384. The van der Waals surface area contributed by atoms with E-state index >= 15 is 0 Å². The molecule has 1 saturated heterocycles. The van der Waals surface area contributed by atoms with Crippen LogP contribution >= 0.6 is 11.6 Å². The third kappa shape index (κ3) is 6.29. The highest BCUT2D eigenvalue weighted by Gasteiger charge is 2.31. The van der Waals surface area contributed by atoms with Crippen molar-refractivity contribution < 1.29 is 27.7 Å². The van der Waals surface area contributed by atoms with Crippen LogP contribution in [0.15, 0.2) is 47.4 Å². The summed E-state index contributed by atoms with van der Waals surface area (Å²) in [4.78, 5) is 37.3. The average Bonchev–Trinajstić information content (AvgIpc) is 2.77. The molecular weight excluding hydrogens is 498 g/mol. The number of sulfonamides is 1. The number of esters is 1. The van der Waals surface area contributed by atoms with Crippen molar-refractivity contribution in [3.8, 4) is 0 Å². The van der Waals surface area contributed by atoms with Crippen LogP contribution in [0.1, 0.15) is 37.6 Å². The number of carbonyl (C=O) groups is 2. The zero-order chi connectivity index (χ0) is 25.9. The topological polar surface area (TPSA) is 136 Å². The predicted octanol–water partition coefficient (Wildman–Crippen LogP) is 4.10. The maximum absolute atomic E-state index is 12.9. The average molecular weight is 524 g/mol. The van der Waals surface area contributed by atoms with Gasteiger partial charge in [-0.2, -0.15) is 0 Å². The van der Waals surface area contributed by atoms with E-state index in [9.17, 15) is 28.1 Å². The van der Waals surface area contributed by atoms with Crippen LogP contribution in [0.4, 0.5) is 11.4 Å². The van der Waals surface area contributed by atoms with Crippen molar-refractivity contribution in [3.05, 3.63) is 63.2 Å². The number of halogens is 1. The molecule has 0 saturated carbocycles. The lowest BCUT2D eigenvalue weighted by Gasteiger charge is -2.36. The van der Waals surface area contributed by atoms with E-state index in [0.717, 1.165) is 24.6 Å². The van der Waals surface area contributed by atoms with Crippen LogP contribution < -0.4 is 4.72 Å². The van der Waals surface area contributed by atoms with Crippen molar-refractivity contribution in [1.29, 1.82) is 0 Å². The molecular formula is C23H26ClN3O7S. The number of benzene rings is 2. The van der Waals surface area contributed by atoms with Gasteiger partial charge in [-0.15, -0.1) is 0 Å². The summed E-state index contributed by atoms with van der Waals surface area (Å²) in [6, 6.07) is 8.76. The first-order valence-corrected chi connectivity index (χ1v) is 12.8. The third-order valence-corrected chi connectivity index (χ3v) is 7.31. The Morgan fingerprint density at radius 3 is 2.43 bits per heavy atom. The van der Waals surface area contributed by atoms with Gasteiger partial charge < -0.3 is 9.64 Å². The zero-order valence-corrected chi connectivity index (χ0v) is 21.0. The number of nitrogens with one attached hydrogen (secondary N) is 1.